The lowest BCUT2D eigenvalue weighted by Gasteiger charge is -2.67. The number of rotatable bonds is 3. The number of benzene rings is 2. The van der Waals surface area contributed by atoms with E-state index in [2.05, 4.69) is 23.7 Å². The van der Waals surface area contributed by atoms with E-state index in [0.29, 0.717) is 18.6 Å². The number of hydrogen-bond acceptors (Lipinski definition) is 5. The summed E-state index contributed by atoms with van der Waals surface area (Å²) in [6.45, 7) is 5.99. The van der Waals surface area contributed by atoms with Crippen LogP contribution >= 0.6 is 0 Å². The van der Waals surface area contributed by atoms with Gasteiger partial charge in [-0.3, -0.25) is 9.69 Å². The second kappa shape index (κ2) is 8.00. The van der Waals surface area contributed by atoms with Gasteiger partial charge in [-0.15, -0.1) is 0 Å². The van der Waals surface area contributed by atoms with Crippen LogP contribution in [0.4, 0.5) is 0 Å². The van der Waals surface area contributed by atoms with Crippen molar-refractivity contribution in [2.24, 2.45) is 5.92 Å². The molecule has 5 atom stereocenters. The Morgan fingerprint density at radius 3 is 2.79 bits per heavy atom. The lowest BCUT2D eigenvalue weighted by Crippen LogP contribution is -2.82. The van der Waals surface area contributed by atoms with Crippen molar-refractivity contribution < 1.29 is 19.7 Å². The maximum absolute atomic E-state index is 13.4. The van der Waals surface area contributed by atoms with E-state index in [9.17, 15) is 15.0 Å². The van der Waals surface area contributed by atoms with Crippen LogP contribution in [0.3, 0.4) is 0 Å². The van der Waals surface area contributed by atoms with Crippen LogP contribution in [0.2, 0.25) is 0 Å². The fraction of sp³-hybridized carbons (Fsp3) is 0.531. The van der Waals surface area contributed by atoms with E-state index < -0.39 is 16.6 Å². The SMILES string of the molecule is Cc1cccc(C#CC(=O)N(C)[C@@H]2CC[C@@]3(O)[C@H]4Cc5ccc(O)c6c5[C@@]3(CCN4CC3CC3)[C@@]2(C)O6)c1. The molecule has 7 rings (SSSR count). The highest BCUT2D eigenvalue weighted by Gasteiger charge is 2.78. The Kier molecular flexibility index (Phi) is 5.07. The van der Waals surface area contributed by atoms with Crippen molar-refractivity contribution in [1.82, 2.24) is 9.80 Å². The van der Waals surface area contributed by atoms with E-state index in [-0.39, 0.29) is 23.7 Å². The summed E-state index contributed by atoms with van der Waals surface area (Å²) in [5.74, 6) is 6.97. The van der Waals surface area contributed by atoms with Gasteiger partial charge in [0.1, 0.15) is 5.60 Å². The van der Waals surface area contributed by atoms with Crippen molar-refractivity contribution >= 4 is 5.91 Å². The summed E-state index contributed by atoms with van der Waals surface area (Å²) in [5.41, 5.74) is 1.46. The first-order valence-corrected chi connectivity index (χ1v) is 14.0. The number of ether oxygens (including phenoxy) is 1. The molecule has 2 N–H and O–H groups in total. The molecule has 0 aromatic heterocycles. The third-order valence-electron chi connectivity index (χ3n) is 10.5. The van der Waals surface area contributed by atoms with Crippen LogP contribution in [0, 0.1) is 24.7 Å². The van der Waals surface area contributed by atoms with Crippen LogP contribution in [0.15, 0.2) is 36.4 Å². The Balaban J connectivity index is 1.30. The minimum atomic E-state index is -0.992. The summed E-state index contributed by atoms with van der Waals surface area (Å²) in [7, 11) is 1.81. The molecular formula is C32H36N2O4. The van der Waals surface area contributed by atoms with Crippen LogP contribution in [0.5, 0.6) is 11.5 Å². The molecule has 0 unspecified atom stereocenters. The van der Waals surface area contributed by atoms with Gasteiger partial charge in [0.15, 0.2) is 11.5 Å². The Bertz CT molecular complexity index is 1410. The molecule has 38 heavy (non-hydrogen) atoms. The molecular weight excluding hydrogens is 476 g/mol. The highest BCUT2D eigenvalue weighted by atomic mass is 16.5. The zero-order valence-electron chi connectivity index (χ0n) is 22.5. The van der Waals surface area contributed by atoms with Gasteiger partial charge in [0, 0.05) is 36.7 Å². The number of hydrogen-bond donors (Lipinski definition) is 2. The number of amides is 1. The van der Waals surface area contributed by atoms with Gasteiger partial charge in [-0.25, -0.2) is 0 Å². The van der Waals surface area contributed by atoms with Crippen molar-refractivity contribution in [1.29, 1.82) is 0 Å². The maximum atomic E-state index is 13.4. The molecule has 2 aliphatic heterocycles. The van der Waals surface area contributed by atoms with E-state index >= 15 is 0 Å². The van der Waals surface area contributed by atoms with E-state index in [1.807, 2.05) is 37.3 Å². The summed E-state index contributed by atoms with van der Waals surface area (Å²) in [4.78, 5) is 17.7. The number of phenolic OH excluding ortho intramolecular Hbond substituents is 1. The highest BCUT2D eigenvalue weighted by Crippen LogP contribution is 2.69. The normalized spacial score (nSPS) is 34.5. The molecule has 2 aromatic carbocycles. The standard InChI is InChI=1S/C32H36N2O4/c1-20-5-4-6-21(17-20)9-12-27(36)33(3)25-13-14-32(37)26-18-23-10-11-24(35)29-28(23)31(32,30(25,2)38-29)15-16-34(26)19-22-7-8-22/h4-6,10-11,17,22,25-26,35,37H,7-8,13-16,18-19H2,1-3H3/t25-,26-,30+,31+,32-/m1/s1. The lowest BCUT2D eigenvalue weighted by atomic mass is 9.44. The number of carbonyl (C=O) groups excluding carboxylic acids is 1. The number of phenols is 1. The number of aliphatic hydroxyl groups is 1. The van der Waals surface area contributed by atoms with Gasteiger partial charge in [0.25, 0.3) is 5.91 Å². The minimum Gasteiger partial charge on any atom is -0.504 e. The van der Waals surface area contributed by atoms with Gasteiger partial charge < -0.3 is 19.8 Å². The molecule has 1 saturated heterocycles. The highest BCUT2D eigenvalue weighted by molar-refractivity contribution is 5.94. The first kappa shape index (κ1) is 24.1. The van der Waals surface area contributed by atoms with Crippen LogP contribution in [0.1, 0.15) is 61.3 Å². The molecule has 5 aliphatic rings. The van der Waals surface area contributed by atoms with E-state index in [4.69, 9.17) is 4.74 Å². The summed E-state index contributed by atoms with van der Waals surface area (Å²) in [6.07, 6.45) is 5.25. The average molecular weight is 513 g/mol. The largest absolute Gasteiger partial charge is 0.504 e. The minimum absolute atomic E-state index is 0.00541. The molecule has 2 heterocycles. The quantitative estimate of drug-likeness (QED) is 0.616. The Hall–Kier alpha value is -3.01. The molecule has 2 aromatic rings. The van der Waals surface area contributed by atoms with Crippen LogP contribution in [-0.4, -0.2) is 69.3 Å². The van der Waals surface area contributed by atoms with Gasteiger partial charge in [-0.1, -0.05) is 24.1 Å². The van der Waals surface area contributed by atoms with Crippen molar-refractivity contribution in [3.63, 3.8) is 0 Å². The summed E-state index contributed by atoms with van der Waals surface area (Å²) < 4.78 is 6.78. The Labute approximate surface area is 224 Å². The summed E-state index contributed by atoms with van der Waals surface area (Å²) in [6, 6.07) is 11.3. The predicted octanol–water partition coefficient (Wildman–Crippen LogP) is 3.53. The van der Waals surface area contributed by atoms with Crippen molar-refractivity contribution in [3.05, 3.63) is 58.7 Å². The summed E-state index contributed by atoms with van der Waals surface area (Å²) in [5, 5.41) is 23.7. The first-order chi connectivity index (χ1) is 18.2. The average Bonchev–Trinajstić information content (AvgIpc) is 3.65. The molecule has 6 nitrogen and oxygen atoms in total. The Morgan fingerprint density at radius 2 is 2.03 bits per heavy atom. The smallest absolute Gasteiger partial charge is 0.298 e. The molecule has 3 fully saturated rings. The second-order valence-electron chi connectivity index (χ2n) is 12.5. The van der Waals surface area contributed by atoms with Gasteiger partial charge >= 0.3 is 0 Å². The topological polar surface area (TPSA) is 73.2 Å². The predicted molar refractivity (Wildman–Crippen MR) is 144 cm³/mol. The number of carbonyl (C=O) groups is 1. The monoisotopic (exact) mass is 512 g/mol. The van der Waals surface area contributed by atoms with Crippen LogP contribution in [-0.2, 0) is 16.6 Å². The molecule has 1 spiro atoms. The number of aryl methyl sites for hydroxylation is 1. The number of likely N-dealkylation sites (N-methyl/N-ethyl adjacent to an activating group) is 1. The summed E-state index contributed by atoms with van der Waals surface area (Å²) >= 11 is 0. The zero-order valence-corrected chi connectivity index (χ0v) is 22.5. The molecule has 2 saturated carbocycles. The van der Waals surface area contributed by atoms with E-state index in [1.54, 1.807) is 18.0 Å². The zero-order chi connectivity index (χ0) is 26.4. The van der Waals surface area contributed by atoms with Crippen molar-refractivity contribution in [2.75, 3.05) is 20.1 Å². The third kappa shape index (κ3) is 3.06. The number of nitrogens with zero attached hydrogens (tertiary/aromatic N) is 2. The number of piperidine rings is 1. The van der Waals surface area contributed by atoms with Gasteiger partial charge in [-0.05, 0) is 94.2 Å². The molecule has 198 valence electrons. The second-order valence-corrected chi connectivity index (χ2v) is 12.5. The molecule has 0 radical (unpaired) electrons. The van der Waals surface area contributed by atoms with Crippen LogP contribution in [0.25, 0.3) is 0 Å². The van der Waals surface area contributed by atoms with Crippen molar-refractivity contribution in [2.45, 2.75) is 81.1 Å². The van der Waals surface area contributed by atoms with Gasteiger partial charge in [0.05, 0.1) is 17.1 Å². The van der Waals surface area contributed by atoms with Crippen LogP contribution < -0.4 is 4.74 Å². The fourth-order valence-electron chi connectivity index (χ4n) is 8.55. The molecule has 3 aliphatic carbocycles. The van der Waals surface area contributed by atoms with E-state index in [0.717, 1.165) is 54.1 Å². The maximum Gasteiger partial charge on any atom is 0.298 e. The van der Waals surface area contributed by atoms with Crippen molar-refractivity contribution in [3.8, 4) is 23.3 Å². The number of likely N-dealkylation sites (tertiary alicyclic amines) is 1. The molecule has 6 heteroatoms. The van der Waals surface area contributed by atoms with E-state index in [1.165, 1.54) is 12.8 Å². The first-order valence-electron chi connectivity index (χ1n) is 14.0. The lowest BCUT2D eigenvalue weighted by molar-refractivity contribution is -0.229. The van der Waals surface area contributed by atoms with Gasteiger partial charge in [0.2, 0.25) is 0 Å². The molecule has 1 amide bonds. The third-order valence-corrected chi connectivity index (χ3v) is 10.5. The number of aromatic hydroxyl groups is 1. The Morgan fingerprint density at radius 1 is 1.21 bits per heavy atom. The van der Waals surface area contributed by atoms with Gasteiger partial charge in [-0.2, -0.15) is 0 Å². The molecule has 2 bridgehead atoms. The fourth-order valence-corrected chi connectivity index (χ4v) is 8.55.